The van der Waals surface area contributed by atoms with Crippen molar-refractivity contribution in [2.24, 2.45) is 0 Å². The molecule has 1 N–H and O–H groups in total. The molecule has 0 bridgehead atoms. The first-order valence-corrected chi connectivity index (χ1v) is 11.2. The molecule has 10 heteroatoms. The Balaban J connectivity index is 0.00000342. The first-order chi connectivity index (χ1) is 16.3. The minimum Gasteiger partial charge on any atom is -0.549 e. The van der Waals surface area contributed by atoms with Gasteiger partial charge in [-0.05, 0) is 54.4 Å². The Morgan fingerprint density at radius 3 is 2.46 bits per heavy atom. The molecule has 0 aliphatic carbocycles. The summed E-state index contributed by atoms with van der Waals surface area (Å²) in [4.78, 5) is 23.7. The smallest absolute Gasteiger partial charge is 0.549 e. The zero-order valence-corrected chi connectivity index (χ0v) is 22.2. The fourth-order valence-electron chi connectivity index (χ4n) is 3.59. The predicted molar refractivity (Wildman–Crippen MR) is 123 cm³/mol. The molecule has 35 heavy (non-hydrogen) atoms. The summed E-state index contributed by atoms with van der Waals surface area (Å²) in [7, 11) is 0. The van der Waals surface area contributed by atoms with Gasteiger partial charge in [0.15, 0.2) is 0 Å². The number of nitrogens with one attached hydrogen (secondary N) is 1. The molecule has 0 aromatic heterocycles. The van der Waals surface area contributed by atoms with E-state index in [0.717, 1.165) is 0 Å². The van der Waals surface area contributed by atoms with Gasteiger partial charge in [-0.1, -0.05) is 35.3 Å². The van der Waals surface area contributed by atoms with Crippen LogP contribution in [0.2, 0.25) is 10.0 Å². The van der Waals surface area contributed by atoms with E-state index in [9.17, 15) is 19.1 Å². The number of fused-ring (bicyclic) bond motifs is 1. The van der Waals surface area contributed by atoms with E-state index in [4.69, 9.17) is 32.7 Å². The van der Waals surface area contributed by atoms with Crippen molar-refractivity contribution in [3.8, 4) is 17.2 Å². The Kier molecular flexibility index (Phi) is 9.44. The van der Waals surface area contributed by atoms with Gasteiger partial charge in [0.05, 0.1) is 18.2 Å². The summed E-state index contributed by atoms with van der Waals surface area (Å²) in [6.45, 7) is 0.0601. The minimum atomic E-state index is -1.37. The van der Waals surface area contributed by atoms with E-state index < -0.39 is 24.0 Å². The second-order valence-electron chi connectivity index (χ2n) is 7.68. The molecule has 1 heterocycles. The Morgan fingerprint density at radius 1 is 1.11 bits per heavy atom. The molecule has 6 nitrogen and oxygen atoms in total. The number of hydrogen-bond acceptors (Lipinski definition) is 5. The summed E-state index contributed by atoms with van der Waals surface area (Å²) in [5, 5.41) is 14.6. The molecule has 0 spiro atoms. The Hall–Kier alpha value is -2.29. The van der Waals surface area contributed by atoms with E-state index in [1.807, 2.05) is 0 Å². The summed E-state index contributed by atoms with van der Waals surface area (Å²) in [6.07, 6.45) is -1.06. The van der Waals surface area contributed by atoms with Crippen LogP contribution in [-0.2, 0) is 4.79 Å². The van der Waals surface area contributed by atoms with Crippen molar-refractivity contribution in [2.75, 3.05) is 13.2 Å². The average Bonchev–Trinajstić information content (AvgIpc) is 2.83. The van der Waals surface area contributed by atoms with Gasteiger partial charge in [0.2, 0.25) is 0 Å². The van der Waals surface area contributed by atoms with Crippen molar-refractivity contribution in [1.29, 1.82) is 0 Å². The van der Waals surface area contributed by atoms with E-state index in [1.165, 1.54) is 24.3 Å². The van der Waals surface area contributed by atoms with Crippen molar-refractivity contribution < 1.29 is 58.1 Å². The molecule has 3 aromatic carbocycles. The molecule has 3 aromatic rings. The van der Waals surface area contributed by atoms with Crippen LogP contribution in [0.3, 0.4) is 0 Å². The van der Waals surface area contributed by atoms with Crippen molar-refractivity contribution >= 4 is 35.1 Å². The molecule has 0 fully saturated rings. The standard InChI is InChI=1S/C25H20Cl2FNO5.Na/c26-16-5-1-14(2-6-16)21(28)13-29-24(30)15-3-7-17(8-4-15)34-23-12-22-19(11-20(23)27)18(25(31)32)9-10-33-22;/h1-8,11-12,18,21H,9-10,13H2,(H,29,30)(H,31,32);/q;+1/p-1. The van der Waals surface area contributed by atoms with Crippen LogP contribution in [-0.4, -0.2) is 25.0 Å². The molecule has 2 atom stereocenters. The fourth-order valence-corrected chi connectivity index (χ4v) is 3.92. The molecule has 0 saturated carbocycles. The molecule has 2 unspecified atom stereocenters. The van der Waals surface area contributed by atoms with Crippen LogP contribution in [0.5, 0.6) is 17.2 Å². The zero-order valence-electron chi connectivity index (χ0n) is 18.7. The molecular formula is C25H19Cl2FNNaO5. The number of rotatable bonds is 7. The van der Waals surface area contributed by atoms with E-state index >= 15 is 0 Å². The quantitative estimate of drug-likeness (QED) is 0.475. The topological polar surface area (TPSA) is 87.7 Å². The number of hydrogen-bond donors (Lipinski definition) is 1. The number of amides is 1. The zero-order chi connectivity index (χ0) is 24.2. The van der Waals surface area contributed by atoms with Gasteiger partial charge in [-0.25, -0.2) is 4.39 Å². The van der Waals surface area contributed by atoms with Crippen LogP contribution < -0.4 is 49.5 Å². The predicted octanol–water partition coefficient (Wildman–Crippen LogP) is 1.85. The van der Waals surface area contributed by atoms with Gasteiger partial charge in [-0.3, -0.25) is 4.79 Å². The van der Waals surface area contributed by atoms with E-state index in [0.29, 0.717) is 39.6 Å². The van der Waals surface area contributed by atoms with Crippen LogP contribution >= 0.6 is 23.2 Å². The third kappa shape index (κ3) is 6.68. The fraction of sp³-hybridized carbons (Fsp3) is 0.200. The number of benzene rings is 3. The Morgan fingerprint density at radius 2 is 1.80 bits per heavy atom. The normalized spacial score (nSPS) is 15.1. The molecule has 1 aliphatic heterocycles. The van der Waals surface area contributed by atoms with Gasteiger partial charge in [0.25, 0.3) is 5.91 Å². The van der Waals surface area contributed by atoms with Crippen molar-refractivity contribution in [3.05, 3.63) is 87.4 Å². The van der Waals surface area contributed by atoms with Crippen molar-refractivity contribution in [3.63, 3.8) is 0 Å². The van der Waals surface area contributed by atoms with E-state index in [1.54, 1.807) is 36.4 Å². The second kappa shape index (κ2) is 12.1. The maximum atomic E-state index is 14.3. The van der Waals surface area contributed by atoms with Crippen LogP contribution in [0, 0.1) is 0 Å². The van der Waals surface area contributed by atoms with Crippen LogP contribution in [0.1, 0.15) is 40.0 Å². The Bertz CT molecular complexity index is 1210. The number of alkyl halides is 1. The van der Waals surface area contributed by atoms with Crippen LogP contribution in [0.25, 0.3) is 0 Å². The van der Waals surface area contributed by atoms with E-state index in [2.05, 4.69) is 5.32 Å². The monoisotopic (exact) mass is 525 g/mol. The van der Waals surface area contributed by atoms with Crippen molar-refractivity contribution in [1.82, 2.24) is 5.32 Å². The maximum Gasteiger partial charge on any atom is 1.00 e. The second-order valence-corrected chi connectivity index (χ2v) is 8.53. The molecule has 0 saturated heterocycles. The Labute approximate surface area is 233 Å². The number of ether oxygens (including phenoxy) is 2. The summed E-state index contributed by atoms with van der Waals surface area (Å²) in [5.74, 6) is -1.36. The first kappa shape index (κ1) is 27.3. The molecule has 0 radical (unpaired) electrons. The molecule has 1 amide bonds. The van der Waals surface area contributed by atoms with E-state index in [-0.39, 0.29) is 53.5 Å². The van der Waals surface area contributed by atoms with Crippen LogP contribution in [0.15, 0.2) is 60.7 Å². The number of aliphatic carboxylic acids is 1. The third-order valence-corrected chi connectivity index (χ3v) is 5.95. The van der Waals surface area contributed by atoms with Crippen LogP contribution in [0.4, 0.5) is 4.39 Å². The number of carboxylic acid groups (broad SMARTS) is 1. The summed E-state index contributed by atoms with van der Waals surface area (Å²) in [5.41, 5.74) is 1.19. The van der Waals surface area contributed by atoms with Gasteiger partial charge in [0.1, 0.15) is 23.4 Å². The molecule has 1 aliphatic rings. The summed E-state index contributed by atoms with van der Waals surface area (Å²) >= 11 is 12.1. The average molecular weight is 526 g/mol. The van der Waals surface area contributed by atoms with Crippen molar-refractivity contribution in [2.45, 2.75) is 18.5 Å². The number of carboxylic acids is 1. The molecule has 4 rings (SSSR count). The van der Waals surface area contributed by atoms with Gasteiger partial charge < -0.3 is 24.7 Å². The number of carbonyl (C=O) groups is 2. The summed E-state index contributed by atoms with van der Waals surface area (Å²) < 4.78 is 25.7. The van der Waals surface area contributed by atoms with Gasteiger partial charge in [0, 0.05) is 34.1 Å². The molecular weight excluding hydrogens is 507 g/mol. The third-order valence-electron chi connectivity index (χ3n) is 5.41. The van der Waals surface area contributed by atoms with Gasteiger partial charge in [-0.15, -0.1) is 0 Å². The minimum absolute atomic E-state index is 0. The molecule has 176 valence electrons. The number of carbonyl (C=O) groups excluding carboxylic acids is 2. The number of halogens is 3. The summed E-state index contributed by atoms with van der Waals surface area (Å²) in [6, 6.07) is 15.6. The maximum absolute atomic E-state index is 14.3. The van der Waals surface area contributed by atoms with Gasteiger partial charge >= 0.3 is 29.6 Å². The SMILES string of the molecule is O=C(NCC(F)c1ccc(Cl)cc1)c1ccc(Oc2cc3c(cc2Cl)C(C(=O)[O-])CCO3)cc1.[Na+]. The first-order valence-electron chi connectivity index (χ1n) is 10.4. The largest absolute Gasteiger partial charge is 1.00 e. The van der Waals surface area contributed by atoms with Gasteiger partial charge in [-0.2, -0.15) is 0 Å².